The van der Waals surface area contributed by atoms with Gasteiger partial charge in [0.25, 0.3) is 0 Å². The van der Waals surface area contributed by atoms with Crippen LogP contribution < -0.4 is 16.4 Å². The van der Waals surface area contributed by atoms with E-state index in [4.69, 9.17) is 16.9 Å². The summed E-state index contributed by atoms with van der Waals surface area (Å²) in [6.45, 7) is 3.95. The zero-order chi connectivity index (χ0) is 12.1. The molecule has 5 N–H and O–H groups in total. The summed E-state index contributed by atoms with van der Waals surface area (Å²) in [6, 6.07) is 9.68. The Hall–Kier alpha value is -1.75. The number of rotatable bonds is 2. The van der Waals surface area contributed by atoms with Crippen molar-refractivity contribution in [1.29, 1.82) is 5.41 Å². The first-order valence-corrected chi connectivity index (χ1v) is 5.05. The van der Waals surface area contributed by atoms with E-state index in [9.17, 15) is 0 Å². The molecule has 0 saturated heterocycles. The summed E-state index contributed by atoms with van der Waals surface area (Å²) in [7, 11) is 0. The predicted molar refractivity (Wildman–Crippen MR) is 74.8 cm³/mol. The van der Waals surface area contributed by atoms with Gasteiger partial charge in [-0.05, 0) is 26.0 Å². The molecule has 94 valence electrons. The van der Waals surface area contributed by atoms with E-state index in [0.717, 1.165) is 5.69 Å². The standard InChI is InChI=1S/C11H17N5.ClH/c1-8(2)16(11(14)15-10(12)13)9-6-4-3-5-7-9;/h3-8H,1-2H3,(H5,12,13,14,15);1H. The van der Waals surface area contributed by atoms with E-state index >= 15 is 0 Å². The van der Waals surface area contributed by atoms with Gasteiger partial charge in [0, 0.05) is 11.7 Å². The lowest BCUT2D eigenvalue weighted by atomic mass is 10.2. The van der Waals surface area contributed by atoms with Gasteiger partial charge < -0.3 is 16.4 Å². The molecule has 1 aromatic rings. The molecule has 0 bridgehead atoms. The number of nitrogens with one attached hydrogen (secondary N) is 1. The molecule has 0 radical (unpaired) electrons. The van der Waals surface area contributed by atoms with Gasteiger partial charge >= 0.3 is 0 Å². The van der Waals surface area contributed by atoms with E-state index in [2.05, 4.69) is 4.99 Å². The average Bonchev–Trinajstić information content (AvgIpc) is 2.17. The smallest absolute Gasteiger partial charge is 0.225 e. The van der Waals surface area contributed by atoms with Crippen LogP contribution in [0, 0.1) is 5.41 Å². The fourth-order valence-corrected chi connectivity index (χ4v) is 1.43. The van der Waals surface area contributed by atoms with Crippen molar-refractivity contribution in [2.75, 3.05) is 4.90 Å². The van der Waals surface area contributed by atoms with Gasteiger partial charge in [-0.2, -0.15) is 4.99 Å². The average molecular weight is 256 g/mol. The third-order valence-corrected chi connectivity index (χ3v) is 2.01. The summed E-state index contributed by atoms with van der Waals surface area (Å²) < 4.78 is 0. The molecule has 17 heavy (non-hydrogen) atoms. The third kappa shape index (κ3) is 4.32. The first kappa shape index (κ1) is 15.2. The first-order valence-electron chi connectivity index (χ1n) is 5.05. The lowest BCUT2D eigenvalue weighted by Crippen LogP contribution is -2.37. The Kier molecular flexibility index (Phi) is 6.06. The molecule has 0 aromatic heterocycles. The molecular weight excluding hydrogens is 238 g/mol. The molecule has 0 aliphatic heterocycles. The summed E-state index contributed by atoms with van der Waals surface area (Å²) in [5.74, 6) is -0.0622. The van der Waals surface area contributed by atoms with Gasteiger partial charge in [0.2, 0.25) is 5.96 Å². The maximum Gasteiger partial charge on any atom is 0.225 e. The Balaban J connectivity index is 0.00000256. The van der Waals surface area contributed by atoms with Crippen molar-refractivity contribution < 1.29 is 0 Å². The quantitative estimate of drug-likeness (QED) is 0.553. The molecule has 1 rings (SSSR count). The second kappa shape index (κ2) is 6.75. The zero-order valence-electron chi connectivity index (χ0n) is 9.92. The van der Waals surface area contributed by atoms with Crippen LogP contribution in [0.5, 0.6) is 0 Å². The topological polar surface area (TPSA) is 91.5 Å². The fourth-order valence-electron chi connectivity index (χ4n) is 1.43. The van der Waals surface area contributed by atoms with Crippen LogP contribution in [0.2, 0.25) is 0 Å². The molecule has 0 heterocycles. The number of hydrogen-bond acceptors (Lipinski definition) is 1. The van der Waals surface area contributed by atoms with Crippen LogP contribution >= 0.6 is 12.4 Å². The largest absolute Gasteiger partial charge is 0.370 e. The van der Waals surface area contributed by atoms with Crippen LogP contribution in [0.4, 0.5) is 5.69 Å². The molecule has 0 amide bonds. The monoisotopic (exact) mass is 255 g/mol. The Morgan fingerprint density at radius 3 is 2.18 bits per heavy atom. The number of guanidine groups is 2. The Morgan fingerprint density at radius 1 is 1.24 bits per heavy atom. The molecule has 0 saturated carbocycles. The van der Waals surface area contributed by atoms with Gasteiger partial charge in [-0.25, -0.2) is 0 Å². The molecule has 0 atom stereocenters. The number of para-hydroxylation sites is 1. The van der Waals surface area contributed by atoms with Crippen molar-refractivity contribution in [3.05, 3.63) is 30.3 Å². The highest BCUT2D eigenvalue weighted by atomic mass is 35.5. The highest BCUT2D eigenvalue weighted by Gasteiger charge is 2.14. The predicted octanol–water partition coefficient (Wildman–Crippen LogP) is 1.53. The zero-order valence-corrected chi connectivity index (χ0v) is 10.7. The van der Waals surface area contributed by atoms with Crippen LogP contribution in [0.15, 0.2) is 35.3 Å². The van der Waals surface area contributed by atoms with Crippen LogP contribution in [0.1, 0.15) is 13.8 Å². The summed E-state index contributed by atoms with van der Waals surface area (Å²) >= 11 is 0. The molecule has 0 aliphatic carbocycles. The molecule has 6 heteroatoms. The van der Waals surface area contributed by atoms with Gasteiger partial charge in [0.05, 0.1) is 0 Å². The summed E-state index contributed by atoms with van der Waals surface area (Å²) in [5.41, 5.74) is 11.4. The SMILES string of the molecule is CC(C)N(C(=N)N=C(N)N)c1ccccc1.Cl. The van der Waals surface area contributed by atoms with Crippen molar-refractivity contribution >= 4 is 30.0 Å². The van der Waals surface area contributed by atoms with Crippen molar-refractivity contribution in [3.63, 3.8) is 0 Å². The molecule has 0 aliphatic rings. The maximum atomic E-state index is 7.82. The lowest BCUT2D eigenvalue weighted by molar-refractivity contribution is 0.799. The minimum absolute atomic E-state index is 0. The van der Waals surface area contributed by atoms with E-state index in [0.29, 0.717) is 0 Å². The lowest BCUT2D eigenvalue weighted by Gasteiger charge is -2.26. The van der Waals surface area contributed by atoms with Crippen LogP contribution in [-0.4, -0.2) is 18.0 Å². The second-order valence-electron chi connectivity index (χ2n) is 3.66. The van der Waals surface area contributed by atoms with Crippen LogP contribution in [0.3, 0.4) is 0 Å². The summed E-state index contributed by atoms with van der Waals surface area (Å²) in [6.07, 6.45) is 0. The summed E-state index contributed by atoms with van der Waals surface area (Å²) in [5, 5.41) is 7.82. The second-order valence-corrected chi connectivity index (χ2v) is 3.66. The van der Waals surface area contributed by atoms with Gasteiger partial charge in [0.1, 0.15) is 0 Å². The Morgan fingerprint density at radius 2 is 1.76 bits per heavy atom. The van der Waals surface area contributed by atoms with Gasteiger partial charge in [0.15, 0.2) is 5.96 Å². The van der Waals surface area contributed by atoms with Gasteiger partial charge in [-0.3, -0.25) is 5.41 Å². The molecule has 0 fully saturated rings. The summed E-state index contributed by atoms with van der Waals surface area (Å²) in [4.78, 5) is 5.51. The molecular formula is C11H18ClN5. The maximum absolute atomic E-state index is 7.82. The van der Waals surface area contributed by atoms with Crippen LogP contribution in [-0.2, 0) is 0 Å². The number of halogens is 1. The van der Waals surface area contributed by atoms with E-state index in [1.165, 1.54) is 0 Å². The van der Waals surface area contributed by atoms with Gasteiger partial charge in [-0.1, -0.05) is 18.2 Å². The first-order chi connectivity index (χ1) is 7.52. The number of hydrogen-bond donors (Lipinski definition) is 3. The van der Waals surface area contributed by atoms with Crippen molar-refractivity contribution in [3.8, 4) is 0 Å². The molecule has 0 unspecified atom stereocenters. The minimum Gasteiger partial charge on any atom is -0.370 e. The fraction of sp³-hybridized carbons (Fsp3) is 0.273. The third-order valence-electron chi connectivity index (χ3n) is 2.01. The van der Waals surface area contributed by atoms with Crippen LogP contribution in [0.25, 0.3) is 0 Å². The highest BCUT2D eigenvalue weighted by Crippen LogP contribution is 2.16. The molecule has 1 aromatic carbocycles. The number of aliphatic imine (C=N–C) groups is 1. The van der Waals surface area contributed by atoms with E-state index in [-0.39, 0.29) is 30.4 Å². The van der Waals surface area contributed by atoms with E-state index < -0.39 is 0 Å². The minimum atomic E-state index is -0.105. The van der Waals surface area contributed by atoms with Gasteiger partial charge in [-0.15, -0.1) is 12.4 Å². The number of anilines is 1. The number of nitrogens with zero attached hydrogens (tertiary/aromatic N) is 2. The normalized spacial score (nSPS) is 9.35. The Labute approximate surface area is 107 Å². The number of nitrogens with two attached hydrogens (primary N) is 2. The highest BCUT2D eigenvalue weighted by molar-refractivity contribution is 6.01. The van der Waals surface area contributed by atoms with E-state index in [1.807, 2.05) is 44.2 Å². The van der Waals surface area contributed by atoms with E-state index in [1.54, 1.807) is 4.90 Å². The van der Waals surface area contributed by atoms with Crippen molar-refractivity contribution in [1.82, 2.24) is 0 Å². The van der Waals surface area contributed by atoms with Crippen molar-refractivity contribution in [2.45, 2.75) is 19.9 Å². The molecule has 5 nitrogen and oxygen atoms in total. The van der Waals surface area contributed by atoms with Crippen molar-refractivity contribution in [2.24, 2.45) is 16.5 Å². The number of benzene rings is 1. The Bertz CT molecular complexity index is 384. The molecule has 0 spiro atoms.